The molecule has 2 aromatic rings. The number of ketones is 1. The number of benzene rings is 2. The summed E-state index contributed by atoms with van der Waals surface area (Å²) in [6, 6.07) is 17.1. The Morgan fingerprint density at radius 3 is 2.33 bits per heavy atom. The highest BCUT2D eigenvalue weighted by Gasteiger charge is 2.14. The van der Waals surface area contributed by atoms with Gasteiger partial charge >= 0.3 is 5.97 Å². The summed E-state index contributed by atoms with van der Waals surface area (Å²) in [5, 5.41) is 0. The molecule has 0 aliphatic carbocycles. The number of Topliss-reactive ketones (excluding diaryl/α,β-unsaturated/α-hetero) is 1. The van der Waals surface area contributed by atoms with E-state index in [2.05, 4.69) is 0 Å². The fraction of sp³-hybridized carbons (Fsp3) is 0.300. The predicted octanol–water partition coefficient (Wildman–Crippen LogP) is 3.86. The van der Waals surface area contributed by atoms with Crippen LogP contribution in [0.4, 0.5) is 0 Å². The molecule has 0 amide bonds. The largest absolute Gasteiger partial charge is 0.494 e. The summed E-state index contributed by atoms with van der Waals surface area (Å²) in [7, 11) is 0. The summed E-state index contributed by atoms with van der Waals surface area (Å²) < 4.78 is 10.6. The fourth-order valence-electron chi connectivity index (χ4n) is 2.12. The van der Waals surface area contributed by atoms with Gasteiger partial charge in [-0.05, 0) is 37.5 Å². The lowest BCUT2D eigenvalue weighted by Crippen LogP contribution is -2.17. The van der Waals surface area contributed by atoms with E-state index in [4.69, 9.17) is 9.47 Å². The van der Waals surface area contributed by atoms with E-state index in [9.17, 15) is 9.59 Å². The van der Waals surface area contributed by atoms with Gasteiger partial charge in [-0.1, -0.05) is 48.0 Å². The van der Waals surface area contributed by atoms with Crippen LogP contribution >= 0.6 is 0 Å². The second kappa shape index (κ2) is 9.50. The van der Waals surface area contributed by atoms with Gasteiger partial charge in [0, 0.05) is 6.42 Å². The van der Waals surface area contributed by atoms with Gasteiger partial charge in [0.1, 0.15) is 12.4 Å². The van der Waals surface area contributed by atoms with Crippen molar-refractivity contribution in [2.75, 3.05) is 6.61 Å². The zero-order chi connectivity index (χ0) is 17.2. The lowest BCUT2D eigenvalue weighted by molar-refractivity contribution is -0.154. The molecule has 0 radical (unpaired) electrons. The van der Waals surface area contributed by atoms with E-state index in [1.165, 1.54) is 5.56 Å². The van der Waals surface area contributed by atoms with Crippen LogP contribution < -0.4 is 4.74 Å². The van der Waals surface area contributed by atoms with Crippen LogP contribution in [0.5, 0.6) is 5.75 Å². The molecule has 0 atom stereocenters. The van der Waals surface area contributed by atoms with E-state index in [0.717, 1.165) is 11.3 Å². The molecule has 24 heavy (non-hydrogen) atoms. The van der Waals surface area contributed by atoms with E-state index in [0.29, 0.717) is 19.4 Å². The molecule has 0 unspecified atom stereocenters. The summed E-state index contributed by atoms with van der Waals surface area (Å²) in [6.45, 7) is 2.67. The van der Waals surface area contributed by atoms with Gasteiger partial charge in [0.05, 0.1) is 6.61 Å². The molecular weight excluding hydrogens is 304 g/mol. The molecule has 2 rings (SSSR count). The number of carbonyl (C=O) groups is 2. The number of hydrogen-bond donors (Lipinski definition) is 0. The lowest BCUT2D eigenvalue weighted by atomic mass is 10.2. The Morgan fingerprint density at radius 2 is 1.62 bits per heavy atom. The van der Waals surface area contributed by atoms with Crippen LogP contribution in [0, 0.1) is 6.92 Å². The first-order valence-electron chi connectivity index (χ1n) is 8.08. The molecule has 126 valence electrons. The highest BCUT2D eigenvalue weighted by Crippen LogP contribution is 2.12. The number of aryl methyl sites for hydroxylation is 1. The van der Waals surface area contributed by atoms with Gasteiger partial charge in [0.2, 0.25) is 5.78 Å². The van der Waals surface area contributed by atoms with Crippen LogP contribution in [0.15, 0.2) is 54.6 Å². The number of ether oxygens (including phenoxy) is 2. The maximum atomic E-state index is 11.7. The maximum Gasteiger partial charge on any atom is 0.374 e. The van der Waals surface area contributed by atoms with E-state index in [1.807, 2.05) is 61.5 Å². The minimum absolute atomic E-state index is 0.127. The van der Waals surface area contributed by atoms with Crippen molar-refractivity contribution in [2.45, 2.75) is 32.8 Å². The van der Waals surface area contributed by atoms with Crippen molar-refractivity contribution in [1.82, 2.24) is 0 Å². The quantitative estimate of drug-likeness (QED) is 0.399. The molecule has 0 aromatic heterocycles. The average molecular weight is 326 g/mol. The van der Waals surface area contributed by atoms with Gasteiger partial charge in [0.15, 0.2) is 0 Å². The highest BCUT2D eigenvalue weighted by atomic mass is 16.5. The molecule has 4 nitrogen and oxygen atoms in total. The van der Waals surface area contributed by atoms with Gasteiger partial charge in [0.25, 0.3) is 0 Å². The first-order chi connectivity index (χ1) is 11.6. The van der Waals surface area contributed by atoms with Gasteiger partial charge in [-0.3, -0.25) is 4.79 Å². The third kappa shape index (κ3) is 6.24. The monoisotopic (exact) mass is 326 g/mol. The third-order valence-corrected chi connectivity index (χ3v) is 3.53. The zero-order valence-corrected chi connectivity index (χ0v) is 13.9. The van der Waals surface area contributed by atoms with Gasteiger partial charge < -0.3 is 9.47 Å². The number of unbranched alkanes of at least 4 members (excludes halogenated alkanes) is 1. The zero-order valence-electron chi connectivity index (χ0n) is 13.9. The van der Waals surface area contributed by atoms with Crippen molar-refractivity contribution >= 4 is 11.8 Å². The Kier molecular flexibility index (Phi) is 7.02. The Labute approximate surface area is 142 Å². The molecule has 4 heteroatoms. The summed E-state index contributed by atoms with van der Waals surface area (Å²) in [6.07, 6.45) is 1.50. The van der Waals surface area contributed by atoms with Crippen molar-refractivity contribution in [3.8, 4) is 5.75 Å². The van der Waals surface area contributed by atoms with E-state index < -0.39 is 11.8 Å². The van der Waals surface area contributed by atoms with Gasteiger partial charge in [-0.25, -0.2) is 4.79 Å². The SMILES string of the molecule is Cc1ccc(OCCCCC(=O)C(=O)OCc2ccccc2)cc1. The van der Waals surface area contributed by atoms with Crippen LogP contribution in [0.3, 0.4) is 0 Å². The van der Waals surface area contributed by atoms with Crippen molar-refractivity contribution in [2.24, 2.45) is 0 Å². The number of hydrogen-bond acceptors (Lipinski definition) is 4. The minimum Gasteiger partial charge on any atom is -0.494 e. The summed E-state index contributed by atoms with van der Waals surface area (Å²) in [5.74, 6) is -0.436. The third-order valence-electron chi connectivity index (χ3n) is 3.53. The van der Waals surface area contributed by atoms with E-state index in [-0.39, 0.29) is 13.0 Å². The normalized spacial score (nSPS) is 10.2. The van der Waals surface area contributed by atoms with E-state index in [1.54, 1.807) is 0 Å². The van der Waals surface area contributed by atoms with Crippen LogP contribution in [0.25, 0.3) is 0 Å². The molecule has 0 spiro atoms. The Balaban J connectivity index is 1.58. The number of carbonyl (C=O) groups excluding carboxylic acids is 2. The van der Waals surface area contributed by atoms with Gasteiger partial charge in [-0.2, -0.15) is 0 Å². The Bertz CT molecular complexity index is 647. The van der Waals surface area contributed by atoms with Crippen molar-refractivity contribution < 1.29 is 19.1 Å². The lowest BCUT2D eigenvalue weighted by Gasteiger charge is -2.06. The molecule has 0 saturated heterocycles. The molecule has 0 aliphatic rings. The first kappa shape index (κ1) is 17.7. The molecule has 0 aliphatic heterocycles. The number of esters is 1. The van der Waals surface area contributed by atoms with Crippen LogP contribution in [-0.2, 0) is 20.9 Å². The maximum absolute atomic E-state index is 11.7. The molecule has 0 N–H and O–H groups in total. The minimum atomic E-state index is -0.765. The molecule has 0 heterocycles. The van der Waals surface area contributed by atoms with Crippen molar-refractivity contribution in [3.05, 3.63) is 65.7 Å². The average Bonchev–Trinajstić information content (AvgIpc) is 2.61. The second-order valence-corrected chi connectivity index (χ2v) is 5.60. The highest BCUT2D eigenvalue weighted by molar-refractivity contribution is 6.33. The van der Waals surface area contributed by atoms with Crippen LogP contribution in [0.1, 0.15) is 30.4 Å². The second-order valence-electron chi connectivity index (χ2n) is 5.60. The topological polar surface area (TPSA) is 52.6 Å². The van der Waals surface area contributed by atoms with Gasteiger partial charge in [-0.15, -0.1) is 0 Å². The Hall–Kier alpha value is -2.62. The van der Waals surface area contributed by atoms with E-state index >= 15 is 0 Å². The molecular formula is C20H22O4. The Morgan fingerprint density at radius 1 is 0.917 bits per heavy atom. The van der Waals surface area contributed by atoms with Crippen LogP contribution in [0.2, 0.25) is 0 Å². The van der Waals surface area contributed by atoms with Crippen LogP contribution in [-0.4, -0.2) is 18.4 Å². The molecule has 0 saturated carbocycles. The molecule has 0 fully saturated rings. The summed E-state index contributed by atoms with van der Waals surface area (Å²) >= 11 is 0. The summed E-state index contributed by atoms with van der Waals surface area (Å²) in [4.78, 5) is 23.3. The van der Waals surface area contributed by atoms with Crippen molar-refractivity contribution in [3.63, 3.8) is 0 Å². The standard InChI is InChI=1S/C20H22O4/c1-16-10-12-18(13-11-16)23-14-6-5-9-19(21)20(22)24-15-17-7-3-2-4-8-17/h2-4,7-8,10-13H,5-6,9,14-15H2,1H3. The number of rotatable bonds is 9. The smallest absolute Gasteiger partial charge is 0.374 e. The molecule has 2 aromatic carbocycles. The summed E-state index contributed by atoms with van der Waals surface area (Å²) in [5.41, 5.74) is 2.05. The van der Waals surface area contributed by atoms with Crippen molar-refractivity contribution in [1.29, 1.82) is 0 Å². The molecule has 0 bridgehead atoms. The predicted molar refractivity (Wildman–Crippen MR) is 91.8 cm³/mol. The fourth-order valence-corrected chi connectivity index (χ4v) is 2.12. The first-order valence-corrected chi connectivity index (χ1v) is 8.08.